The average molecular weight is 235 g/mol. The van der Waals surface area contributed by atoms with E-state index in [1.807, 2.05) is 18.5 Å². The van der Waals surface area contributed by atoms with Gasteiger partial charge in [0.15, 0.2) is 0 Å². The summed E-state index contributed by atoms with van der Waals surface area (Å²) in [5.41, 5.74) is 0.362. The van der Waals surface area contributed by atoms with Crippen LogP contribution in [0.1, 0.15) is 58.8 Å². The summed E-state index contributed by atoms with van der Waals surface area (Å²) in [7, 11) is 0. The number of rotatable bonds is 6. The van der Waals surface area contributed by atoms with Crippen LogP contribution >= 0.6 is 0 Å². The van der Waals surface area contributed by atoms with E-state index in [0.717, 1.165) is 25.2 Å². The lowest BCUT2D eigenvalue weighted by Crippen LogP contribution is -2.25. The molecule has 0 saturated heterocycles. The minimum absolute atomic E-state index is 0.287. The van der Waals surface area contributed by atoms with E-state index in [-0.39, 0.29) is 6.04 Å². The van der Waals surface area contributed by atoms with Gasteiger partial charge in [0, 0.05) is 12.4 Å². The highest BCUT2D eigenvalue weighted by molar-refractivity contribution is 4.96. The van der Waals surface area contributed by atoms with Crippen molar-refractivity contribution >= 4 is 0 Å². The predicted octanol–water partition coefficient (Wildman–Crippen LogP) is 3.34. The maximum Gasteiger partial charge on any atom is 0.145 e. The Morgan fingerprint density at radius 1 is 1.24 bits per heavy atom. The number of nitrogens with zero attached hydrogens (tertiary/aromatic N) is 2. The monoisotopic (exact) mass is 235 g/mol. The fraction of sp³-hybridized carbons (Fsp3) is 0.714. The van der Waals surface area contributed by atoms with Gasteiger partial charge in [-0.1, -0.05) is 27.7 Å². The van der Waals surface area contributed by atoms with Gasteiger partial charge in [0.05, 0.1) is 6.04 Å². The van der Waals surface area contributed by atoms with E-state index in [0.29, 0.717) is 5.41 Å². The zero-order valence-corrected chi connectivity index (χ0v) is 11.5. The molecule has 1 atom stereocenters. The van der Waals surface area contributed by atoms with Crippen LogP contribution in [0.4, 0.5) is 0 Å². The van der Waals surface area contributed by atoms with Crippen LogP contribution in [0.3, 0.4) is 0 Å². The molecule has 0 aliphatic carbocycles. The molecule has 0 aromatic carbocycles. The zero-order chi connectivity index (χ0) is 12.7. The number of hydrogen-bond acceptors (Lipinski definition) is 3. The average Bonchev–Trinajstić information content (AvgIpc) is 2.29. The van der Waals surface area contributed by atoms with Gasteiger partial charge in [-0.25, -0.2) is 9.97 Å². The first-order chi connectivity index (χ1) is 8.03. The van der Waals surface area contributed by atoms with E-state index >= 15 is 0 Å². The molecule has 3 heteroatoms. The standard InChI is InChI=1S/C14H25N3/c1-5-9-15-12(7-8-14(2,3)4)13-16-10-6-11-17-13/h6,10-12,15H,5,7-9H2,1-4H3. The minimum Gasteiger partial charge on any atom is -0.307 e. The summed E-state index contributed by atoms with van der Waals surface area (Å²) in [6.45, 7) is 10.0. The highest BCUT2D eigenvalue weighted by atomic mass is 15.0. The van der Waals surface area contributed by atoms with Gasteiger partial charge in [-0.15, -0.1) is 0 Å². The van der Waals surface area contributed by atoms with Crippen molar-refractivity contribution in [3.8, 4) is 0 Å². The first kappa shape index (κ1) is 14.1. The fourth-order valence-corrected chi connectivity index (χ4v) is 1.71. The van der Waals surface area contributed by atoms with E-state index in [1.165, 1.54) is 6.42 Å². The molecule has 0 spiro atoms. The van der Waals surface area contributed by atoms with Crippen molar-refractivity contribution in [1.29, 1.82) is 0 Å². The van der Waals surface area contributed by atoms with Crippen LogP contribution in [-0.4, -0.2) is 16.5 Å². The molecule has 1 aromatic heterocycles. The van der Waals surface area contributed by atoms with E-state index in [2.05, 4.69) is 43.0 Å². The summed E-state index contributed by atoms with van der Waals surface area (Å²) < 4.78 is 0. The third-order valence-corrected chi connectivity index (χ3v) is 2.72. The maximum absolute atomic E-state index is 4.36. The Hall–Kier alpha value is -0.960. The van der Waals surface area contributed by atoms with Gasteiger partial charge < -0.3 is 5.32 Å². The first-order valence-electron chi connectivity index (χ1n) is 6.53. The quantitative estimate of drug-likeness (QED) is 0.821. The van der Waals surface area contributed by atoms with Crippen molar-refractivity contribution in [2.24, 2.45) is 5.41 Å². The summed E-state index contributed by atoms with van der Waals surface area (Å²) in [6, 6.07) is 2.15. The van der Waals surface area contributed by atoms with Crippen LogP contribution in [0.5, 0.6) is 0 Å². The van der Waals surface area contributed by atoms with E-state index in [1.54, 1.807) is 0 Å². The van der Waals surface area contributed by atoms with E-state index < -0.39 is 0 Å². The Labute approximate surface area is 105 Å². The normalized spacial score (nSPS) is 13.6. The summed E-state index contributed by atoms with van der Waals surface area (Å²) in [5.74, 6) is 0.921. The molecule has 0 amide bonds. The summed E-state index contributed by atoms with van der Waals surface area (Å²) in [4.78, 5) is 8.72. The first-order valence-corrected chi connectivity index (χ1v) is 6.53. The molecule has 0 aliphatic heterocycles. The lowest BCUT2D eigenvalue weighted by atomic mass is 9.88. The molecular formula is C14H25N3. The molecule has 0 aliphatic rings. The van der Waals surface area contributed by atoms with Gasteiger partial charge in [0.2, 0.25) is 0 Å². The third-order valence-electron chi connectivity index (χ3n) is 2.72. The Bertz CT molecular complexity index is 303. The van der Waals surface area contributed by atoms with Crippen LogP contribution in [0.15, 0.2) is 18.5 Å². The molecule has 1 rings (SSSR count). The predicted molar refractivity (Wildman–Crippen MR) is 71.8 cm³/mol. The zero-order valence-electron chi connectivity index (χ0n) is 11.5. The van der Waals surface area contributed by atoms with Gasteiger partial charge in [-0.05, 0) is 37.3 Å². The second-order valence-electron chi connectivity index (χ2n) is 5.71. The molecule has 1 heterocycles. The van der Waals surface area contributed by atoms with Crippen LogP contribution in [0.2, 0.25) is 0 Å². The topological polar surface area (TPSA) is 37.8 Å². The van der Waals surface area contributed by atoms with Crippen molar-refractivity contribution in [1.82, 2.24) is 15.3 Å². The number of aromatic nitrogens is 2. The lowest BCUT2D eigenvalue weighted by molar-refractivity contribution is 0.327. The van der Waals surface area contributed by atoms with Crippen molar-refractivity contribution < 1.29 is 0 Å². The van der Waals surface area contributed by atoms with E-state index in [4.69, 9.17) is 0 Å². The summed E-state index contributed by atoms with van der Waals surface area (Å²) >= 11 is 0. The Balaban J connectivity index is 2.61. The molecular weight excluding hydrogens is 210 g/mol. The highest BCUT2D eigenvalue weighted by Gasteiger charge is 2.17. The minimum atomic E-state index is 0.287. The molecule has 96 valence electrons. The van der Waals surface area contributed by atoms with Gasteiger partial charge in [-0.3, -0.25) is 0 Å². The molecule has 0 bridgehead atoms. The van der Waals surface area contributed by atoms with Crippen LogP contribution in [-0.2, 0) is 0 Å². The second kappa shape index (κ2) is 6.70. The molecule has 3 nitrogen and oxygen atoms in total. The van der Waals surface area contributed by atoms with Crippen molar-refractivity contribution in [3.05, 3.63) is 24.3 Å². The Morgan fingerprint density at radius 2 is 1.88 bits per heavy atom. The number of nitrogens with one attached hydrogen (secondary N) is 1. The largest absolute Gasteiger partial charge is 0.307 e. The van der Waals surface area contributed by atoms with Gasteiger partial charge >= 0.3 is 0 Å². The summed E-state index contributed by atoms with van der Waals surface area (Å²) in [5, 5.41) is 3.53. The lowest BCUT2D eigenvalue weighted by Gasteiger charge is -2.23. The van der Waals surface area contributed by atoms with Gasteiger partial charge in [0.25, 0.3) is 0 Å². The van der Waals surface area contributed by atoms with Crippen LogP contribution < -0.4 is 5.32 Å². The van der Waals surface area contributed by atoms with Crippen molar-refractivity contribution in [3.63, 3.8) is 0 Å². The van der Waals surface area contributed by atoms with Crippen LogP contribution in [0.25, 0.3) is 0 Å². The fourth-order valence-electron chi connectivity index (χ4n) is 1.71. The molecule has 0 fully saturated rings. The maximum atomic E-state index is 4.36. The van der Waals surface area contributed by atoms with Crippen molar-refractivity contribution in [2.75, 3.05) is 6.54 Å². The SMILES string of the molecule is CCCNC(CCC(C)(C)C)c1ncccn1. The summed E-state index contributed by atoms with van der Waals surface area (Å²) in [6.07, 6.45) is 7.04. The van der Waals surface area contributed by atoms with E-state index in [9.17, 15) is 0 Å². The molecule has 1 aromatic rings. The molecule has 0 radical (unpaired) electrons. The highest BCUT2D eigenvalue weighted by Crippen LogP contribution is 2.25. The number of hydrogen-bond donors (Lipinski definition) is 1. The van der Waals surface area contributed by atoms with Gasteiger partial charge in [-0.2, -0.15) is 0 Å². The Kier molecular flexibility index (Phi) is 5.56. The molecule has 1 N–H and O–H groups in total. The Morgan fingerprint density at radius 3 is 2.41 bits per heavy atom. The smallest absolute Gasteiger partial charge is 0.145 e. The molecule has 0 saturated carbocycles. The van der Waals surface area contributed by atoms with Crippen LogP contribution in [0, 0.1) is 5.41 Å². The second-order valence-corrected chi connectivity index (χ2v) is 5.71. The van der Waals surface area contributed by atoms with Gasteiger partial charge in [0.1, 0.15) is 5.82 Å². The molecule has 17 heavy (non-hydrogen) atoms. The van der Waals surface area contributed by atoms with Crippen molar-refractivity contribution in [2.45, 2.75) is 53.0 Å². The molecule has 1 unspecified atom stereocenters. The third kappa shape index (κ3) is 5.78.